The molecule has 0 saturated heterocycles. The first-order chi connectivity index (χ1) is 13.1. The number of benzene rings is 1. The van der Waals surface area contributed by atoms with Crippen LogP contribution in [0.25, 0.3) is 0 Å². The third-order valence-electron chi connectivity index (χ3n) is 6.03. The summed E-state index contributed by atoms with van der Waals surface area (Å²) in [4.78, 5) is 10.3. The molecule has 1 aliphatic heterocycles. The second-order valence-electron chi connectivity index (χ2n) is 7.80. The van der Waals surface area contributed by atoms with Crippen molar-refractivity contribution in [2.75, 3.05) is 6.54 Å². The van der Waals surface area contributed by atoms with E-state index in [2.05, 4.69) is 20.0 Å². The monoisotopic (exact) mass is 365 g/mol. The van der Waals surface area contributed by atoms with Crippen molar-refractivity contribution in [3.8, 4) is 0 Å². The molecule has 140 valence electrons. The fourth-order valence-electron chi connectivity index (χ4n) is 4.48. The van der Waals surface area contributed by atoms with Crippen molar-refractivity contribution in [1.29, 1.82) is 0 Å². The zero-order valence-electron chi connectivity index (χ0n) is 15.7. The van der Waals surface area contributed by atoms with E-state index >= 15 is 0 Å². The molecule has 0 radical (unpaired) electrons. The van der Waals surface area contributed by atoms with Gasteiger partial charge < -0.3 is 4.98 Å². The normalized spacial score (nSPS) is 20.0. The predicted molar refractivity (Wildman–Crippen MR) is 101 cm³/mol. The van der Waals surface area contributed by atoms with Crippen molar-refractivity contribution < 1.29 is 4.39 Å². The maximum Gasteiger partial charge on any atom is 0.126 e. The van der Waals surface area contributed by atoms with E-state index < -0.39 is 0 Å². The number of nitrogens with one attached hydrogen (secondary N) is 1. The van der Waals surface area contributed by atoms with Crippen LogP contribution in [0.4, 0.5) is 4.39 Å². The molecule has 5 rings (SSSR count). The summed E-state index contributed by atoms with van der Waals surface area (Å²) in [7, 11) is 2.04. The van der Waals surface area contributed by atoms with Crippen LogP contribution in [0.15, 0.2) is 30.7 Å². The van der Waals surface area contributed by atoms with Gasteiger partial charge in [0.1, 0.15) is 5.82 Å². The van der Waals surface area contributed by atoms with E-state index in [-0.39, 0.29) is 11.9 Å². The highest BCUT2D eigenvalue weighted by Crippen LogP contribution is 2.43. The van der Waals surface area contributed by atoms with Gasteiger partial charge in [-0.1, -0.05) is 12.1 Å². The van der Waals surface area contributed by atoms with Crippen LogP contribution in [0.1, 0.15) is 58.6 Å². The highest BCUT2D eigenvalue weighted by Gasteiger charge is 2.35. The number of halogens is 1. The Morgan fingerprint density at radius 2 is 2.15 bits per heavy atom. The first-order valence-corrected chi connectivity index (χ1v) is 9.65. The van der Waals surface area contributed by atoms with Gasteiger partial charge in [0.25, 0.3) is 0 Å². The van der Waals surface area contributed by atoms with Crippen LogP contribution < -0.4 is 0 Å². The van der Waals surface area contributed by atoms with Crippen LogP contribution in [-0.4, -0.2) is 31.2 Å². The van der Waals surface area contributed by atoms with Crippen LogP contribution in [0, 0.1) is 12.7 Å². The Labute approximate surface area is 158 Å². The molecule has 0 bridgehead atoms. The van der Waals surface area contributed by atoms with Gasteiger partial charge in [-0.2, -0.15) is 5.10 Å². The first-order valence-electron chi connectivity index (χ1n) is 9.65. The van der Waals surface area contributed by atoms with Crippen molar-refractivity contribution in [1.82, 2.24) is 24.6 Å². The molecule has 27 heavy (non-hydrogen) atoms. The topological polar surface area (TPSA) is 49.7 Å². The molecule has 0 amide bonds. The van der Waals surface area contributed by atoms with Crippen molar-refractivity contribution in [3.63, 3.8) is 0 Å². The number of aromatic amines is 1. The third kappa shape index (κ3) is 2.79. The lowest BCUT2D eigenvalue weighted by Crippen LogP contribution is -2.36. The molecule has 1 unspecified atom stereocenters. The Morgan fingerprint density at radius 1 is 1.30 bits per heavy atom. The maximum atomic E-state index is 14.3. The fraction of sp³-hybridized carbons (Fsp3) is 0.429. The molecule has 2 aliphatic rings. The number of rotatable bonds is 4. The summed E-state index contributed by atoms with van der Waals surface area (Å²) in [6.07, 6.45) is 7.20. The molecule has 5 nitrogen and oxygen atoms in total. The molecule has 1 N–H and O–H groups in total. The smallest absolute Gasteiger partial charge is 0.126 e. The van der Waals surface area contributed by atoms with Gasteiger partial charge in [0, 0.05) is 49.4 Å². The summed E-state index contributed by atoms with van der Waals surface area (Å²) in [5.74, 6) is 0.489. The van der Waals surface area contributed by atoms with Crippen molar-refractivity contribution in [2.24, 2.45) is 7.05 Å². The number of aromatic nitrogens is 4. The SMILES string of the molecule is Cc1c(F)cccc1C1c2nc[nH]c2CCN1Cc1cnn(C)c1C1CC1. The Kier molecular flexibility index (Phi) is 3.90. The van der Waals surface area contributed by atoms with E-state index in [0.717, 1.165) is 36.5 Å². The zero-order chi connectivity index (χ0) is 18.5. The second kappa shape index (κ2) is 6.30. The Hall–Kier alpha value is -2.47. The summed E-state index contributed by atoms with van der Waals surface area (Å²) in [6, 6.07) is 5.33. The average Bonchev–Trinajstić information content (AvgIpc) is 3.26. The molecular formula is C21H24FN5. The van der Waals surface area contributed by atoms with Crippen LogP contribution in [0.2, 0.25) is 0 Å². The van der Waals surface area contributed by atoms with Crippen LogP contribution in [0.5, 0.6) is 0 Å². The Bertz CT molecular complexity index is 984. The number of aryl methyl sites for hydroxylation is 1. The number of nitrogens with zero attached hydrogens (tertiary/aromatic N) is 4. The van der Waals surface area contributed by atoms with Crippen LogP contribution in [-0.2, 0) is 20.0 Å². The van der Waals surface area contributed by atoms with Gasteiger partial charge in [0.2, 0.25) is 0 Å². The van der Waals surface area contributed by atoms with Gasteiger partial charge in [-0.15, -0.1) is 0 Å². The maximum absolute atomic E-state index is 14.3. The summed E-state index contributed by atoms with van der Waals surface area (Å²) in [5, 5.41) is 4.52. The molecule has 3 aromatic rings. The summed E-state index contributed by atoms with van der Waals surface area (Å²) >= 11 is 0. The lowest BCUT2D eigenvalue weighted by atomic mass is 9.92. The largest absolute Gasteiger partial charge is 0.348 e. The van der Waals surface area contributed by atoms with Crippen molar-refractivity contribution in [3.05, 3.63) is 70.3 Å². The predicted octanol–water partition coefficient (Wildman–Crippen LogP) is 3.62. The van der Waals surface area contributed by atoms with Gasteiger partial charge >= 0.3 is 0 Å². The number of hydrogen-bond donors (Lipinski definition) is 1. The van der Waals surface area contributed by atoms with E-state index in [1.807, 2.05) is 30.9 Å². The van der Waals surface area contributed by atoms with E-state index in [1.165, 1.54) is 30.2 Å². The molecular weight excluding hydrogens is 341 g/mol. The zero-order valence-corrected chi connectivity index (χ0v) is 15.7. The van der Waals surface area contributed by atoms with Gasteiger partial charge in [0.05, 0.1) is 24.3 Å². The molecule has 1 atom stereocenters. The number of fused-ring (bicyclic) bond motifs is 1. The van der Waals surface area contributed by atoms with E-state index in [4.69, 9.17) is 0 Å². The molecule has 1 fully saturated rings. The van der Waals surface area contributed by atoms with Crippen LogP contribution >= 0.6 is 0 Å². The Morgan fingerprint density at radius 3 is 2.96 bits per heavy atom. The standard InChI is InChI=1S/C21H24FN5/c1-13-16(4-3-5-17(13)22)21-19-18(23-12-24-19)8-9-27(21)11-15-10-25-26(2)20(15)14-6-7-14/h3-5,10,12,14,21H,6-9,11H2,1-2H3,(H,23,24). The van der Waals surface area contributed by atoms with Crippen LogP contribution in [0.3, 0.4) is 0 Å². The van der Waals surface area contributed by atoms with Crippen molar-refractivity contribution in [2.45, 2.75) is 44.7 Å². The molecule has 3 heterocycles. The minimum Gasteiger partial charge on any atom is -0.348 e. The fourth-order valence-corrected chi connectivity index (χ4v) is 4.48. The summed E-state index contributed by atoms with van der Waals surface area (Å²) in [5.41, 5.74) is 6.53. The van der Waals surface area contributed by atoms with E-state index in [1.54, 1.807) is 12.4 Å². The quantitative estimate of drug-likeness (QED) is 0.768. The molecule has 1 aromatic carbocycles. The summed E-state index contributed by atoms with van der Waals surface area (Å²) < 4.78 is 16.3. The lowest BCUT2D eigenvalue weighted by molar-refractivity contribution is 0.199. The second-order valence-corrected chi connectivity index (χ2v) is 7.80. The van der Waals surface area contributed by atoms with E-state index in [0.29, 0.717) is 11.5 Å². The molecule has 1 saturated carbocycles. The number of H-pyrrole nitrogens is 1. The minimum atomic E-state index is -0.157. The molecule has 0 spiro atoms. The molecule has 1 aliphatic carbocycles. The minimum absolute atomic E-state index is 0.0389. The highest BCUT2D eigenvalue weighted by molar-refractivity contribution is 5.38. The Balaban J connectivity index is 1.56. The molecule has 2 aromatic heterocycles. The summed E-state index contributed by atoms with van der Waals surface area (Å²) in [6.45, 7) is 3.59. The van der Waals surface area contributed by atoms with Gasteiger partial charge in [0.15, 0.2) is 0 Å². The highest BCUT2D eigenvalue weighted by atomic mass is 19.1. The average molecular weight is 365 g/mol. The van der Waals surface area contributed by atoms with E-state index in [9.17, 15) is 4.39 Å². The molecule has 6 heteroatoms. The third-order valence-corrected chi connectivity index (χ3v) is 6.03. The van der Waals surface area contributed by atoms with Gasteiger partial charge in [-0.3, -0.25) is 9.58 Å². The number of hydrogen-bond acceptors (Lipinski definition) is 3. The van der Waals surface area contributed by atoms with Gasteiger partial charge in [-0.05, 0) is 37.0 Å². The van der Waals surface area contributed by atoms with Crippen molar-refractivity contribution >= 4 is 0 Å². The number of imidazole rings is 1. The lowest BCUT2D eigenvalue weighted by Gasteiger charge is -2.36. The van der Waals surface area contributed by atoms with Gasteiger partial charge in [-0.25, -0.2) is 9.37 Å². The first kappa shape index (κ1) is 16.7.